The summed E-state index contributed by atoms with van der Waals surface area (Å²) in [5.74, 6) is -0.861. The second-order valence-corrected chi connectivity index (χ2v) is 5.26. The summed E-state index contributed by atoms with van der Waals surface area (Å²) in [6.45, 7) is 0. The van der Waals surface area contributed by atoms with E-state index in [-0.39, 0.29) is 5.82 Å². The number of pyridine rings is 1. The quantitative estimate of drug-likeness (QED) is 0.760. The summed E-state index contributed by atoms with van der Waals surface area (Å²) in [5.41, 5.74) is 13.0. The van der Waals surface area contributed by atoms with Crippen LogP contribution in [0.2, 0.25) is 0 Å². The summed E-state index contributed by atoms with van der Waals surface area (Å²) in [6.07, 6.45) is 0. The number of carbonyl (C=O) groups excluding carboxylic acids is 1. The van der Waals surface area contributed by atoms with E-state index in [1.54, 1.807) is 24.3 Å². The fraction of sp³-hybridized carbons (Fsp3) is 0. The van der Waals surface area contributed by atoms with Crippen LogP contribution in [-0.2, 0) is 0 Å². The van der Waals surface area contributed by atoms with Crippen LogP contribution < -0.4 is 11.5 Å². The zero-order chi connectivity index (χ0) is 14.3. The summed E-state index contributed by atoms with van der Waals surface area (Å²) in [7, 11) is 0. The highest BCUT2D eigenvalue weighted by molar-refractivity contribution is 7.21. The van der Waals surface area contributed by atoms with E-state index < -0.39 is 5.91 Å². The summed E-state index contributed by atoms with van der Waals surface area (Å²) < 4.78 is 12.9. The van der Waals surface area contributed by atoms with E-state index in [0.29, 0.717) is 26.5 Å². The molecule has 4 nitrogen and oxygen atoms in total. The normalized spacial score (nSPS) is 10.8. The molecule has 3 rings (SSSR count). The summed E-state index contributed by atoms with van der Waals surface area (Å²) >= 11 is 1.16. The van der Waals surface area contributed by atoms with Crippen molar-refractivity contribution in [2.75, 3.05) is 5.73 Å². The Morgan fingerprint density at radius 3 is 2.50 bits per heavy atom. The Balaban J connectivity index is 2.15. The molecule has 0 bridgehead atoms. The zero-order valence-corrected chi connectivity index (χ0v) is 11.1. The first kappa shape index (κ1) is 12.6. The van der Waals surface area contributed by atoms with Gasteiger partial charge >= 0.3 is 0 Å². The van der Waals surface area contributed by atoms with Gasteiger partial charge in [0.1, 0.15) is 15.5 Å². The Hall–Kier alpha value is -2.47. The Labute approximate surface area is 117 Å². The van der Waals surface area contributed by atoms with Crippen molar-refractivity contribution in [3.8, 4) is 11.3 Å². The van der Waals surface area contributed by atoms with Crippen molar-refractivity contribution in [3.05, 3.63) is 47.1 Å². The number of fused-ring (bicyclic) bond motifs is 1. The third-order valence-corrected chi connectivity index (χ3v) is 4.09. The highest BCUT2D eigenvalue weighted by Crippen LogP contribution is 2.33. The van der Waals surface area contributed by atoms with Crippen LogP contribution in [0.4, 0.5) is 10.1 Å². The minimum atomic E-state index is -0.561. The number of nitrogens with zero attached hydrogens (tertiary/aromatic N) is 1. The number of nitrogens with two attached hydrogens (primary N) is 2. The third-order valence-electron chi connectivity index (χ3n) is 2.96. The van der Waals surface area contributed by atoms with E-state index >= 15 is 0 Å². The van der Waals surface area contributed by atoms with Crippen LogP contribution in [-0.4, -0.2) is 10.9 Å². The molecule has 4 N–H and O–H groups in total. The summed E-state index contributed by atoms with van der Waals surface area (Å²) in [4.78, 5) is 16.7. The smallest absolute Gasteiger partial charge is 0.260 e. The highest BCUT2D eigenvalue weighted by atomic mass is 32.1. The maximum atomic E-state index is 12.9. The van der Waals surface area contributed by atoms with Crippen molar-refractivity contribution >= 4 is 33.1 Å². The van der Waals surface area contributed by atoms with Crippen molar-refractivity contribution < 1.29 is 9.18 Å². The second-order valence-electron chi connectivity index (χ2n) is 4.27. The van der Waals surface area contributed by atoms with E-state index in [9.17, 15) is 9.18 Å². The van der Waals surface area contributed by atoms with Gasteiger partial charge in [0.15, 0.2) is 0 Å². The Morgan fingerprint density at radius 1 is 1.15 bits per heavy atom. The summed E-state index contributed by atoms with van der Waals surface area (Å²) in [6, 6.07) is 9.62. The molecule has 20 heavy (non-hydrogen) atoms. The minimum absolute atomic E-state index is 0.300. The van der Waals surface area contributed by atoms with Crippen LogP contribution in [0, 0.1) is 5.82 Å². The largest absolute Gasteiger partial charge is 0.397 e. The van der Waals surface area contributed by atoms with Gasteiger partial charge in [0.05, 0.1) is 11.4 Å². The number of thiophene rings is 1. The minimum Gasteiger partial charge on any atom is -0.397 e. The molecule has 0 aliphatic rings. The third kappa shape index (κ3) is 2.00. The fourth-order valence-electron chi connectivity index (χ4n) is 1.96. The first-order chi connectivity index (χ1) is 9.56. The Morgan fingerprint density at radius 2 is 1.85 bits per heavy atom. The maximum Gasteiger partial charge on any atom is 0.260 e. The molecule has 3 aromatic rings. The van der Waals surface area contributed by atoms with E-state index in [4.69, 9.17) is 11.5 Å². The SMILES string of the molecule is NC(=O)c1sc2nc(-c3ccc(F)cc3)ccc2c1N. The number of anilines is 1. The first-order valence-electron chi connectivity index (χ1n) is 5.81. The lowest BCUT2D eigenvalue weighted by molar-refractivity contribution is 0.100. The summed E-state index contributed by atoms with van der Waals surface area (Å²) in [5, 5.41) is 0.703. The van der Waals surface area contributed by atoms with Crippen LogP contribution in [0.5, 0.6) is 0 Å². The number of benzene rings is 1. The predicted molar refractivity (Wildman–Crippen MR) is 77.9 cm³/mol. The molecular weight excluding hydrogens is 277 g/mol. The Bertz CT molecular complexity index is 811. The molecule has 100 valence electrons. The number of aromatic nitrogens is 1. The van der Waals surface area contributed by atoms with Gasteiger partial charge in [-0.2, -0.15) is 0 Å². The molecule has 1 amide bonds. The van der Waals surface area contributed by atoms with E-state index in [0.717, 1.165) is 16.9 Å². The van der Waals surface area contributed by atoms with Gasteiger partial charge < -0.3 is 11.5 Å². The standard InChI is InChI=1S/C14H10FN3OS/c15-8-3-1-7(2-4-8)10-6-5-9-11(16)12(13(17)19)20-14(9)18-10/h1-6H,16H2,(H2,17,19). The molecule has 0 fully saturated rings. The van der Waals surface area contributed by atoms with Crippen molar-refractivity contribution in [1.29, 1.82) is 0 Å². The Kier molecular flexibility index (Phi) is 2.87. The molecular formula is C14H10FN3OS. The topological polar surface area (TPSA) is 82.0 Å². The van der Waals surface area contributed by atoms with Crippen LogP contribution >= 0.6 is 11.3 Å². The molecule has 0 unspecified atom stereocenters. The van der Waals surface area contributed by atoms with Crippen LogP contribution in [0.3, 0.4) is 0 Å². The molecule has 0 aliphatic carbocycles. The average Bonchev–Trinajstić information content (AvgIpc) is 2.77. The number of primary amides is 1. The van der Waals surface area contributed by atoms with E-state index in [1.165, 1.54) is 12.1 Å². The van der Waals surface area contributed by atoms with Gasteiger partial charge in [-0.15, -0.1) is 11.3 Å². The van der Waals surface area contributed by atoms with E-state index in [1.807, 2.05) is 0 Å². The van der Waals surface area contributed by atoms with Crippen molar-refractivity contribution in [1.82, 2.24) is 4.98 Å². The molecule has 1 aromatic carbocycles. The predicted octanol–water partition coefficient (Wildman–Crippen LogP) is 2.78. The number of rotatable bonds is 2. The number of carbonyl (C=O) groups is 1. The van der Waals surface area contributed by atoms with Gasteiger partial charge in [0.2, 0.25) is 0 Å². The van der Waals surface area contributed by atoms with E-state index in [2.05, 4.69) is 4.98 Å². The molecule has 2 aromatic heterocycles. The molecule has 6 heteroatoms. The van der Waals surface area contributed by atoms with Crippen LogP contribution in [0.15, 0.2) is 36.4 Å². The molecule has 0 saturated carbocycles. The lowest BCUT2D eigenvalue weighted by Gasteiger charge is -2.01. The van der Waals surface area contributed by atoms with Gasteiger partial charge in [-0.25, -0.2) is 9.37 Å². The van der Waals surface area contributed by atoms with Crippen LogP contribution in [0.25, 0.3) is 21.5 Å². The van der Waals surface area contributed by atoms with Crippen LogP contribution in [0.1, 0.15) is 9.67 Å². The second kappa shape index (κ2) is 4.57. The van der Waals surface area contributed by atoms with Crippen molar-refractivity contribution in [2.45, 2.75) is 0 Å². The number of hydrogen-bond donors (Lipinski definition) is 2. The number of nitrogen functional groups attached to an aromatic ring is 1. The molecule has 0 radical (unpaired) electrons. The molecule has 0 aliphatic heterocycles. The first-order valence-corrected chi connectivity index (χ1v) is 6.62. The zero-order valence-electron chi connectivity index (χ0n) is 10.3. The van der Waals surface area contributed by atoms with Gasteiger partial charge in [-0.1, -0.05) is 0 Å². The van der Waals surface area contributed by atoms with Crippen molar-refractivity contribution in [3.63, 3.8) is 0 Å². The number of amides is 1. The fourth-order valence-corrected chi connectivity index (χ4v) is 2.91. The van der Waals surface area contributed by atoms with Gasteiger partial charge in [0.25, 0.3) is 5.91 Å². The lowest BCUT2D eigenvalue weighted by Crippen LogP contribution is -2.10. The van der Waals surface area contributed by atoms with Gasteiger partial charge in [-0.3, -0.25) is 4.79 Å². The van der Waals surface area contributed by atoms with Gasteiger partial charge in [0, 0.05) is 10.9 Å². The molecule has 2 heterocycles. The monoisotopic (exact) mass is 287 g/mol. The van der Waals surface area contributed by atoms with Gasteiger partial charge in [-0.05, 0) is 36.4 Å². The number of hydrogen-bond acceptors (Lipinski definition) is 4. The average molecular weight is 287 g/mol. The number of halogens is 1. The molecule has 0 spiro atoms. The maximum absolute atomic E-state index is 12.9. The molecule has 0 atom stereocenters. The molecule has 0 saturated heterocycles. The highest BCUT2D eigenvalue weighted by Gasteiger charge is 2.15. The van der Waals surface area contributed by atoms with Crippen molar-refractivity contribution in [2.24, 2.45) is 5.73 Å². The lowest BCUT2D eigenvalue weighted by atomic mass is 10.1.